The number of Topliss-reactive ketones (excluding diaryl/α,β-unsaturated/α-hetero) is 1. The van der Waals surface area contributed by atoms with Crippen molar-refractivity contribution in [3.05, 3.63) is 0 Å². The number of hydrogen-bond donors (Lipinski definition) is 0. The summed E-state index contributed by atoms with van der Waals surface area (Å²) in [6.07, 6.45) is 0. The number of thioether (sulfide) groups is 1. The number of methoxy groups -OCH3 is 1. The maximum absolute atomic E-state index is 11.9. The van der Waals surface area contributed by atoms with Gasteiger partial charge in [-0.1, -0.05) is 34.6 Å². The van der Waals surface area contributed by atoms with Crippen LogP contribution in [-0.2, 0) is 14.3 Å². The summed E-state index contributed by atoms with van der Waals surface area (Å²) in [4.78, 5) is 23.4. The lowest BCUT2D eigenvalue weighted by molar-refractivity contribution is -0.150. The first-order valence-corrected chi connectivity index (χ1v) is 6.42. The van der Waals surface area contributed by atoms with E-state index >= 15 is 0 Å². The molecule has 0 rings (SSSR count). The minimum atomic E-state index is -0.625. The number of rotatable bonds is 5. The third kappa shape index (κ3) is 5.54. The molecule has 0 aromatic rings. The largest absolute Gasteiger partial charge is 0.468 e. The third-order valence-corrected chi connectivity index (χ3v) is 3.41. The molecule has 1 unspecified atom stereocenters. The van der Waals surface area contributed by atoms with Crippen LogP contribution in [-0.4, -0.2) is 29.4 Å². The second kappa shape index (κ2) is 6.28. The fraction of sp³-hybridized carbons (Fsp3) is 0.833. The van der Waals surface area contributed by atoms with E-state index in [0.717, 1.165) is 0 Å². The van der Waals surface area contributed by atoms with Crippen molar-refractivity contribution in [3.8, 4) is 0 Å². The number of esters is 1. The van der Waals surface area contributed by atoms with E-state index in [1.165, 1.54) is 7.11 Å². The zero-order chi connectivity index (χ0) is 12.9. The summed E-state index contributed by atoms with van der Waals surface area (Å²) in [6, 6.07) is 0. The van der Waals surface area contributed by atoms with Crippen LogP contribution in [0.2, 0.25) is 0 Å². The number of ketones is 1. The summed E-state index contributed by atoms with van der Waals surface area (Å²) < 4.78 is 4.69. The molecule has 94 valence electrons. The fourth-order valence-electron chi connectivity index (χ4n) is 1.28. The molecule has 0 saturated carbocycles. The van der Waals surface area contributed by atoms with Gasteiger partial charge in [0.15, 0.2) is 5.78 Å². The molecule has 0 aliphatic heterocycles. The van der Waals surface area contributed by atoms with Crippen molar-refractivity contribution in [1.29, 1.82) is 0 Å². The van der Waals surface area contributed by atoms with E-state index in [2.05, 4.69) is 4.74 Å². The minimum absolute atomic E-state index is 0.0134. The van der Waals surface area contributed by atoms with Crippen LogP contribution < -0.4 is 0 Å². The molecule has 16 heavy (non-hydrogen) atoms. The Hall–Kier alpha value is -0.510. The summed E-state index contributed by atoms with van der Waals surface area (Å²) in [5.74, 6) is -0.738. The van der Waals surface area contributed by atoms with Gasteiger partial charge in [0.1, 0.15) is 5.92 Å². The summed E-state index contributed by atoms with van der Waals surface area (Å²) >= 11 is 1.56. The van der Waals surface area contributed by atoms with Crippen molar-refractivity contribution >= 4 is 23.5 Å². The molecule has 4 heteroatoms. The molecular weight excluding hydrogens is 224 g/mol. The molecule has 0 saturated heterocycles. The second-order valence-corrected chi connectivity index (χ2v) is 6.91. The summed E-state index contributed by atoms with van der Waals surface area (Å²) in [6.45, 7) is 9.87. The number of carbonyl (C=O) groups excluding carboxylic acids is 2. The van der Waals surface area contributed by atoms with Crippen molar-refractivity contribution in [2.24, 2.45) is 11.8 Å². The lowest BCUT2D eigenvalue weighted by Gasteiger charge is -2.21. The number of carbonyl (C=O) groups is 2. The molecular formula is C12H22O3S. The maximum atomic E-state index is 11.9. The molecule has 0 radical (unpaired) electrons. The van der Waals surface area contributed by atoms with E-state index in [9.17, 15) is 9.59 Å². The lowest BCUT2D eigenvalue weighted by atomic mass is 9.92. The molecule has 3 nitrogen and oxygen atoms in total. The third-order valence-electron chi connectivity index (χ3n) is 2.12. The summed E-state index contributed by atoms with van der Waals surface area (Å²) in [5.41, 5.74) is 0. The highest BCUT2D eigenvalue weighted by molar-refractivity contribution is 8.01. The molecule has 0 aliphatic rings. The van der Waals surface area contributed by atoms with Gasteiger partial charge in [-0.2, -0.15) is 0 Å². The Kier molecular flexibility index (Phi) is 6.08. The normalized spacial score (nSPS) is 13.7. The Balaban J connectivity index is 4.47. The Morgan fingerprint density at radius 1 is 1.25 bits per heavy atom. The Labute approximate surface area is 102 Å². The van der Waals surface area contributed by atoms with Gasteiger partial charge >= 0.3 is 5.97 Å². The molecule has 0 spiro atoms. The van der Waals surface area contributed by atoms with Crippen LogP contribution in [0, 0.1) is 11.8 Å². The van der Waals surface area contributed by atoms with Crippen molar-refractivity contribution in [3.63, 3.8) is 0 Å². The summed E-state index contributed by atoms with van der Waals surface area (Å²) in [5, 5.41) is 0. The zero-order valence-corrected chi connectivity index (χ0v) is 11.8. The first-order chi connectivity index (χ1) is 7.19. The zero-order valence-electron chi connectivity index (χ0n) is 11.0. The van der Waals surface area contributed by atoms with E-state index in [1.807, 2.05) is 34.6 Å². The van der Waals surface area contributed by atoms with Gasteiger partial charge in [-0.3, -0.25) is 9.59 Å². The number of hydrogen-bond acceptors (Lipinski definition) is 4. The highest BCUT2D eigenvalue weighted by Gasteiger charge is 2.31. The molecule has 0 bridgehead atoms. The molecule has 1 atom stereocenters. The number of ether oxygens (including phenoxy) is 1. The van der Waals surface area contributed by atoms with E-state index in [1.54, 1.807) is 11.8 Å². The van der Waals surface area contributed by atoms with Crippen LogP contribution in [0.5, 0.6) is 0 Å². The standard InChI is InChI=1S/C12H22O3S/c1-8(2)10(11(14)15-6)9(13)7-16-12(3,4)5/h8,10H,7H2,1-6H3. The Bertz CT molecular complexity index is 253. The molecule has 0 N–H and O–H groups in total. The van der Waals surface area contributed by atoms with E-state index in [0.29, 0.717) is 5.75 Å². The van der Waals surface area contributed by atoms with Crippen LogP contribution in [0.1, 0.15) is 34.6 Å². The van der Waals surface area contributed by atoms with Crippen molar-refractivity contribution in [2.45, 2.75) is 39.4 Å². The summed E-state index contributed by atoms with van der Waals surface area (Å²) in [7, 11) is 1.32. The van der Waals surface area contributed by atoms with Gasteiger partial charge in [0.05, 0.1) is 12.9 Å². The molecule has 0 aromatic carbocycles. The first-order valence-electron chi connectivity index (χ1n) is 5.43. The van der Waals surface area contributed by atoms with Gasteiger partial charge < -0.3 is 4.74 Å². The molecule has 0 fully saturated rings. The molecule has 0 aliphatic carbocycles. The van der Waals surface area contributed by atoms with E-state index < -0.39 is 11.9 Å². The van der Waals surface area contributed by atoms with Gasteiger partial charge in [-0.15, -0.1) is 11.8 Å². The van der Waals surface area contributed by atoms with Gasteiger partial charge in [-0.25, -0.2) is 0 Å². The quantitative estimate of drug-likeness (QED) is 0.552. The van der Waals surface area contributed by atoms with Gasteiger partial charge in [0, 0.05) is 4.75 Å². The smallest absolute Gasteiger partial charge is 0.316 e. The first kappa shape index (κ1) is 15.5. The van der Waals surface area contributed by atoms with Gasteiger partial charge in [-0.05, 0) is 5.92 Å². The molecule has 0 amide bonds. The van der Waals surface area contributed by atoms with Crippen LogP contribution in [0.3, 0.4) is 0 Å². The van der Waals surface area contributed by atoms with Crippen LogP contribution >= 0.6 is 11.8 Å². The van der Waals surface area contributed by atoms with Crippen LogP contribution in [0.15, 0.2) is 0 Å². The van der Waals surface area contributed by atoms with E-state index in [-0.39, 0.29) is 16.4 Å². The average molecular weight is 246 g/mol. The topological polar surface area (TPSA) is 43.4 Å². The lowest BCUT2D eigenvalue weighted by Crippen LogP contribution is -2.32. The van der Waals surface area contributed by atoms with Gasteiger partial charge in [0.2, 0.25) is 0 Å². The van der Waals surface area contributed by atoms with Crippen molar-refractivity contribution in [2.75, 3.05) is 12.9 Å². The minimum Gasteiger partial charge on any atom is -0.468 e. The van der Waals surface area contributed by atoms with E-state index in [4.69, 9.17) is 0 Å². The van der Waals surface area contributed by atoms with Crippen LogP contribution in [0.25, 0.3) is 0 Å². The second-order valence-electron chi connectivity index (χ2n) is 5.11. The van der Waals surface area contributed by atoms with Gasteiger partial charge in [0.25, 0.3) is 0 Å². The maximum Gasteiger partial charge on any atom is 0.316 e. The molecule has 0 aromatic heterocycles. The molecule has 0 heterocycles. The van der Waals surface area contributed by atoms with Crippen molar-refractivity contribution in [1.82, 2.24) is 0 Å². The highest BCUT2D eigenvalue weighted by atomic mass is 32.2. The monoisotopic (exact) mass is 246 g/mol. The Morgan fingerprint density at radius 3 is 2.06 bits per heavy atom. The van der Waals surface area contributed by atoms with Crippen molar-refractivity contribution < 1.29 is 14.3 Å². The average Bonchev–Trinajstić information content (AvgIpc) is 2.13. The Morgan fingerprint density at radius 2 is 1.75 bits per heavy atom. The predicted molar refractivity (Wildman–Crippen MR) is 67.6 cm³/mol. The fourth-order valence-corrected chi connectivity index (χ4v) is 2.03. The SMILES string of the molecule is COC(=O)C(C(=O)CSC(C)(C)C)C(C)C. The predicted octanol–water partition coefficient (Wildman–Crippen LogP) is 2.53. The highest BCUT2D eigenvalue weighted by Crippen LogP contribution is 2.25. The van der Waals surface area contributed by atoms with Crippen LogP contribution in [0.4, 0.5) is 0 Å².